The fourth-order valence-electron chi connectivity index (χ4n) is 1.92. The SMILES string of the molecule is COc1cccc2ccc(CNCC(C)(C)O)nc12. The van der Waals surface area contributed by atoms with Gasteiger partial charge in [0.2, 0.25) is 0 Å². The molecule has 4 nitrogen and oxygen atoms in total. The molecule has 19 heavy (non-hydrogen) atoms. The first-order chi connectivity index (χ1) is 8.99. The Morgan fingerprint density at radius 3 is 2.74 bits per heavy atom. The number of ether oxygens (including phenoxy) is 1. The van der Waals surface area contributed by atoms with Gasteiger partial charge < -0.3 is 15.2 Å². The van der Waals surface area contributed by atoms with Crippen molar-refractivity contribution >= 4 is 10.9 Å². The molecule has 0 fully saturated rings. The third kappa shape index (κ3) is 3.66. The van der Waals surface area contributed by atoms with E-state index in [1.807, 2.05) is 30.3 Å². The first kappa shape index (κ1) is 13.8. The van der Waals surface area contributed by atoms with Gasteiger partial charge in [0.05, 0.1) is 18.4 Å². The van der Waals surface area contributed by atoms with E-state index < -0.39 is 5.60 Å². The lowest BCUT2D eigenvalue weighted by molar-refractivity contribution is 0.0794. The van der Waals surface area contributed by atoms with Gasteiger partial charge in [0.1, 0.15) is 11.3 Å². The van der Waals surface area contributed by atoms with E-state index in [2.05, 4.69) is 10.3 Å². The molecule has 102 valence electrons. The predicted octanol–water partition coefficient (Wildman–Crippen LogP) is 2.10. The summed E-state index contributed by atoms with van der Waals surface area (Å²) in [6.07, 6.45) is 0. The van der Waals surface area contributed by atoms with Gasteiger partial charge in [-0.3, -0.25) is 0 Å². The summed E-state index contributed by atoms with van der Waals surface area (Å²) in [5.74, 6) is 0.779. The van der Waals surface area contributed by atoms with E-state index in [0.717, 1.165) is 22.3 Å². The molecular formula is C15H20N2O2. The van der Waals surface area contributed by atoms with E-state index in [9.17, 15) is 5.11 Å². The number of para-hydroxylation sites is 1. The summed E-state index contributed by atoms with van der Waals surface area (Å²) in [5, 5.41) is 13.9. The number of nitrogens with zero attached hydrogens (tertiary/aromatic N) is 1. The standard InChI is InChI=1S/C15H20N2O2/c1-15(2,18)10-16-9-12-8-7-11-5-4-6-13(19-3)14(11)17-12/h4-8,16,18H,9-10H2,1-3H3. The zero-order valence-electron chi connectivity index (χ0n) is 11.6. The molecule has 0 saturated carbocycles. The summed E-state index contributed by atoms with van der Waals surface area (Å²) in [7, 11) is 1.65. The summed E-state index contributed by atoms with van der Waals surface area (Å²) in [6, 6.07) is 9.89. The van der Waals surface area contributed by atoms with E-state index in [4.69, 9.17) is 4.74 Å². The van der Waals surface area contributed by atoms with Crippen molar-refractivity contribution in [1.82, 2.24) is 10.3 Å². The first-order valence-electron chi connectivity index (χ1n) is 6.35. The highest BCUT2D eigenvalue weighted by molar-refractivity contribution is 5.84. The van der Waals surface area contributed by atoms with Gasteiger partial charge in [-0.25, -0.2) is 4.98 Å². The number of aliphatic hydroxyl groups is 1. The van der Waals surface area contributed by atoms with Crippen molar-refractivity contribution in [2.24, 2.45) is 0 Å². The molecule has 2 aromatic rings. The van der Waals surface area contributed by atoms with Gasteiger partial charge in [0, 0.05) is 18.5 Å². The summed E-state index contributed by atoms with van der Waals surface area (Å²) in [5.41, 5.74) is 1.09. The molecule has 0 unspecified atom stereocenters. The number of hydrogen-bond donors (Lipinski definition) is 2. The van der Waals surface area contributed by atoms with E-state index in [1.54, 1.807) is 21.0 Å². The van der Waals surface area contributed by atoms with Crippen LogP contribution in [0.2, 0.25) is 0 Å². The summed E-state index contributed by atoms with van der Waals surface area (Å²) in [6.45, 7) is 4.70. The molecule has 0 saturated heterocycles. The van der Waals surface area contributed by atoms with Crippen molar-refractivity contribution in [3.63, 3.8) is 0 Å². The Bertz CT molecular complexity index is 562. The number of hydrogen-bond acceptors (Lipinski definition) is 4. The number of benzene rings is 1. The molecule has 0 aliphatic heterocycles. The average molecular weight is 260 g/mol. The number of aromatic nitrogens is 1. The van der Waals surface area contributed by atoms with Crippen LogP contribution in [0.3, 0.4) is 0 Å². The average Bonchev–Trinajstić information content (AvgIpc) is 2.36. The Kier molecular flexibility index (Phi) is 4.02. The van der Waals surface area contributed by atoms with Gasteiger partial charge in [-0.2, -0.15) is 0 Å². The lowest BCUT2D eigenvalue weighted by Crippen LogP contribution is -2.34. The van der Waals surface area contributed by atoms with Gasteiger partial charge in [-0.1, -0.05) is 18.2 Å². The van der Waals surface area contributed by atoms with Crippen LogP contribution in [-0.4, -0.2) is 29.3 Å². The Hall–Kier alpha value is -1.65. The normalized spacial score (nSPS) is 11.8. The number of methoxy groups -OCH3 is 1. The zero-order chi connectivity index (χ0) is 13.9. The number of fused-ring (bicyclic) bond motifs is 1. The fourth-order valence-corrected chi connectivity index (χ4v) is 1.92. The molecule has 4 heteroatoms. The van der Waals surface area contributed by atoms with Gasteiger partial charge in [0.25, 0.3) is 0 Å². The molecule has 1 aromatic heterocycles. The largest absolute Gasteiger partial charge is 0.494 e. The molecule has 1 aromatic carbocycles. The topological polar surface area (TPSA) is 54.4 Å². The van der Waals surface area contributed by atoms with Gasteiger partial charge >= 0.3 is 0 Å². The van der Waals surface area contributed by atoms with Gasteiger partial charge in [0.15, 0.2) is 0 Å². The predicted molar refractivity (Wildman–Crippen MR) is 76.3 cm³/mol. The minimum Gasteiger partial charge on any atom is -0.494 e. The van der Waals surface area contributed by atoms with Crippen LogP contribution < -0.4 is 10.1 Å². The van der Waals surface area contributed by atoms with Crippen LogP contribution in [0.15, 0.2) is 30.3 Å². The Labute approximate surface area is 113 Å². The minimum absolute atomic E-state index is 0.526. The number of nitrogens with one attached hydrogen (secondary N) is 1. The zero-order valence-corrected chi connectivity index (χ0v) is 11.6. The minimum atomic E-state index is -0.714. The molecule has 2 rings (SSSR count). The summed E-state index contributed by atoms with van der Waals surface area (Å²) in [4.78, 5) is 4.60. The monoisotopic (exact) mass is 260 g/mol. The fraction of sp³-hybridized carbons (Fsp3) is 0.400. The third-order valence-corrected chi connectivity index (χ3v) is 2.82. The second kappa shape index (κ2) is 5.55. The molecule has 0 aliphatic carbocycles. The Morgan fingerprint density at radius 1 is 1.26 bits per heavy atom. The van der Waals surface area contributed by atoms with E-state index in [0.29, 0.717) is 13.1 Å². The van der Waals surface area contributed by atoms with Crippen LogP contribution in [-0.2, 0) is 6.54 Å². The molecule has 0 amide bonds. The lowest BCUT2D eigenvalue weighted by Gasteiger charge is -2.17. The summed E-state index contributed by atoms with van der Waals surface area (Å²) < 4.78 is 5.32. The van der Waals surface area contributed by atoms with Crippen LogP contribution in [0, 0.1) is 0 Å². The second-order valence-electron chi connectivity index (χ2n) is 5.25. The molecule has 2 N–H and O–H groups in total. The Morgan fingerprint density at radius 2 is 2.05 bits per heavy atom. The van der Waals surface area contributed by atoms with Crippen LogP contribution in [0.5, 0.6) is 5.75 Å². The Balaban J connectivity index is 2.17. The smallest absolute Gasteiger partial charge is 0.145 e. The highest BCUT2D eigenvalue weighted by atomic mass is 16.5. The van der Waals surface area contributed by atoms with Crippen molar-refractivity contribution in [2.45, 2.75) is 26.0 Å². The van der Waals surface area contributed by atoms with Crippen molar-refractivity contribution in [3.8, 4) is 5.75 Å². The molecule has 0 atom stereocenters. The number of pyridine rings is 1. The lowest BCUT2D eigenvalue weighted by atomic mass is 10.1. The second-order valence-corrected chi connectivity index (χ2v) is 5.25. The van der Waals surface area contributed by atoms with Crippen LogP contribution >= 0.6 is 0 Å². The van der Waals surface area contributed by atoms with Gasteiger partial charge in [-0.05, 0) is 26.0 Å². The molecule has 0 bridgehead atoms. The summed E-state index contributed by atoms with van der Waals surface area (Å²) >= 11 is 0. The van der Waals surface area contributed by atoms with E-state index in [1.165, 1.54) is 0 Å². The highest BCUT2D eigenvalue weighted by Gasteiger charge is 2.11. The number of rotatable bonds is 5. The van der Waals surface area contributed by atoms with Crippen molar-refractivity contribution < 1.29 is 9.84 Å². The maximum absolute atomic E-state index is 9.65. The van der Waals surface area contributed by atoms with Crippen molar-refractivity contribution in [3.05, 3.63) is 36.0 Å². The molecule has 0 radical (unpaired) electrons. The highest BCUT2D eigenvalue weighted by Crippen LogP contribution is 2.23. The van der Waals surface area contributed by atoms with E-state index in [-0.39, 0.29) is 0 Å². The maximum Gasteiger partial charge on any atom is 0.145 e. The quantitative estimate of drug-likeness (QED) is 0.864. The van der Waals surface area contributed by atoms with Gasteiger partial charge in [-0.15, -0.1) is 0 Å². The molecular weight excluding hydrogens is 240 g/mol. The first-order valence-corrected chi connectivity index (χ1v) is 6.35. The van der Waals surface area contributed by atoms with Crippen LogP contribution in [0.25, 0.3) is 10.9 Å². The van der Waals surface area contributed by atoms with Crippen molar-refractivity contribution in [1.29, 1.82) is 0 Å². The van der Waals surface area contributed by atoms with Crippen LogP contribution in [0.4, 0.5) is 0 Å². The maximum atomic E-state index is 9.65. The third-order valence-electron chi connectivity index (χ3n) is 2.82. The molecule has 1 heterocycles. The van der Waals surface area contributed by atoms with Crippen LogP contribution in [0.1, 0.15) is 19.5 Å². The molecule has 0 spiro atoms. The van der Waals surface area contributed by atoms with E-state index >= 15 is 0 Å². The molecule has 0 aliphatic rings. The van der Waals surface area contributed by atoms with Crippen molar-refractivity contribution in [2.75, 3.05) is 13.7 Å².